The number of aryl methyl sites for hydroxylation is 1. The minimum Gasteiger partial charge on any atom is -0.333 e. The Hall–Kier alpha value is -3.32. The number of nitrogens with one attached hydrogen (secondary N) is 1. The molecule has 0 spiro atoms. The molecule has 0 saturated carbocycles. The van der Waals surface area contributed by atoms with E-state index in [2.05, 4.69) is 10.3 Å². The number of thiazole rings is 1. The Morgan fingerprint density at radius 3 is 2.75 bits per heavy atom. The van der Waals surface area contributed by atoms with Crippen molar-refractivity contribution in [2.45, 2.75) is 13.5 Å². The average Bonchev–Trinajstić information content (AvgIpc) is 3.14. The molecule has 0 bridgehead atoms. The van der Waals surface area contributed by atoms with E-state index in [1.165, 1.54) is 34.1 Å². The first-order valence-corrected chi connectivity index (χ1v) is 9.50. The summed E-state index contributed by atoms with van der Waals surface area (Å²) in [5.74, 6) is -0.878. The molecule has 5 nitrogen and oxygen atoms in total. The molecule has 0 unspecified atom stereocenters. The Balaban J connectivity index is 1.60. The molecule has 28 heavy (non-hydrogen) atoms. The molecule has 0 radical (unpaired) electrons. The van der Waals surface area contributed by atoms with Crippen molar-refractivity contribution < 1.29 is 9.18 Å². The van der Waals surface area contributed by atoms with Crippen LogP contribution in [0.15, 0.2) is 64.8 Å². The Morgan fingerprint density at radius 2 is 1.96 bits per heavy atom. The topological polar surface area (TPSA) is 64.0 Å². The van der Waals surface area contributed by atoms with Gasteiger partial charge in [-0.05, 0) is 19.1 Å². The maximum Gasteiger partial charge on any atom is 0.246 e. The quantitative estimate of drug-likeness (QED) is 0.565. The summed E-state index contributed by atoms with van der Waals surface area (Å²) in [5.41, 5.74) is 2.12. The van der Waals surface area contributed by atoms with Crippen molar-refractivity contribution >= 4 is 33.3 Å². The summed E-state index contributed by atoms with van der Waals surface area (Å²) in [4.78, 5) is 29.1. The number of benzene rings is 2. The minimum atomic E-state index is -0.535. The van der Waals surface area contributed by atoms with Gasteiger partial charge in [0.25, 0.3) is 0 Å². The number of hydrogen-bond acceptors (Lipinski definition) is 4. The van der Waals surface area contributed by atoms with E-state index in [4.69, 9.17) is 0 Å². The highest BCUT2D eigenvalue weighted by molar-refractivity contribution is 7.14. The third-order valence-corrected chi connectivity index (χ3v) is 5.17. The van der Waals surface area contributed by atoms with Gasteiger partial charge in [-0.15, -0.1) is 11.3 Å². The molecule has 4 rings (SSSR count). The van der Waals surface area contributed by atoms with Gasteiger partial charge in [0.1, 0.15) is 12.4 Å². The molecule has 2 aromatic carbocycles. The van der Waals surface area contributed by atoms with Gasteiger partial charge in [0.2, 0.25) is 5.91 Å². The second-order valence-corrected chi connectivity index (χ2v) is 7.18. The average molecular weight is 393 g/mol. The van der Waals surface area contributed by atoms with Gasteiger partial charge in [-0.3, -0.25) is 9.59 Å². The summed E-state index contributed by atoms with van der Waals surface area (Å²) in [6.45, 7) is 1.56. The van der Waals surface area contributed by atoms with E-state index in [0.717, 1.165) is 11.3 Å². The number of pyridine rings is 1. The van der Waals surface area contributed by atoms with Crippen LogP contribution in [0.1, 0.15) is 5.69 Å². The Kier molecular flexibility index (Phi) is 4.75. The Labute approximate surface area is 164 Å². The maximum absolute atomic E-state index is 14.4. The van der Waals surface area contributed by atoms with Crippen molar-refractivity contribution in [3.63, 3.8) is 0 Å². The van der Waals surface area contributed by atoms with Gasteiger partial charge in [0, 0.05) is 28.1 Å². The standard InChI is InChI=1S/C21H16FN3O2S/c1-13-10-18(26)15-8-5-9-16(22)20(15)25(13)11-19(27)24-21-23-17(12-28-21)14-6-3-2-4-7-14/h2-10,12H,11H2,1H3,(H,23,24,27). The largest absolute Gasteiger partial charge is 0.333 e. The van der Waals surface area contributed by atoms with E-state index in [1.54, 1.807) is 13.0 Å². The number of rotatable bonds is 4. The Morgan fingerprint density at radius 1 is 1.18 bits per heavy atom. The molecule has 0 saturated heterocycles. The molecule has 1 amide bonds. The van der Waals surface area contributed by atoms with E-state index < -0.39 is 5.82 Å². The summed E-state index contributed by atoms with van der Waals surface area (Å²) >= 11 is 1.32. The summed E-state index contributed by atoms with van der Waals surface area (Å²) < 4.78 is 15.9. The van der Waals surface area contributed by atoms with Crippen LogP contribution in [0.3, 0.4) is 0 Å². The monoisotopic (exact) mass is 393 g/mol. The summed E-state index contributed by atoms with van der Waals surface area (Å²) in [6.07, 6.45) is 0. The van der Waals surface area contributed by atoms with E-state index in [0.29, 0.717) is 10.8 Å². The van der Waals surface area contributed by atoms with Gasteiger partial charge >= 0.3 is 0 Å². The van der Waals surface area contributed by atoms with Crippen LogP contribution in [-0.2, 0) is 11.3 Å². The molecule has 0 atom stereocenters. The molecule has 4 aromatic rings. The van der Waals surface area contributed by atoms with E-state index >= 15 is 0 Å². The lowest BCUT2D eigenvalue weighted by Crippen LogP contribution is -2.22. The van der Waals surface area contributed by atoms with E-state index in [9.17, 15) is 14.0 Å². The molecule has 0 aliphatic carbocycles. The molecule has 1 N–H and O–H groups in total. The van der Waals surface area contributed by atoms with Gasteiger partial charge in [-0.2, -0.15) is 0 Å². The maximum atomic E-state index is 14.4. The van der Waals surface area contributed by atoms with Crippen molar-refractivity contribution in [3.05, 3.63) is 81.7 Å². The fraction of sp³-hybridized carbons (Fsp3) is 0.0952. The summed E-state index contributed by atoms with van der Waals surface area (Å²) in [7, 11) is 0. The normalized spacial score (nSPS) is 10.9. The predicted octanol–water partition coefficient (Wildman–Crippen LogP) is 4.21. The van der Waals surface area contributed by atoms with Crippen molar-refractivity contribution in [2.24, 2.45) is 0 Å². The zero-order valence-corrected chi connectivity index (χ0v) is 15.8. The molecule has 0 fully saturated rings. The lowest BCUT2D eigenvalue weighted by Gasteiger charge is -2.14. The highest BCUT2D eigenvalue weighted by Gasteiger charge is 2.14. The first kappa shape index (κ1) is 18.1. The number of hydrogen-bond donors (Lipinski definition) is 1. The van der Waals surface area contributed by atoms with Crippen LogP contribution >= 0.6 is 11.3 Å². The first-order valence-electron chi connectivity index (χ1n) is 8.62. The first-order chi connectivity index (χ1) is 13.5. The van der Waals surface area contributed by atoms with Crippen LogP contribution in [0.4, 0.5) is 9.52 Å². The van der Waals surface area contributed by atoms with Crippen molar-refractivity contribution in [1.29, 1.82) is 0 Å². The molecule has 2 heterocycles. The van der Waals surface area contributed by atoms with Gasteiger partial charge in [0.05, 0.1) is 11.2 Å². The van der Waals surface area contributed by atoms with Crippen LogP contribution < -0.4 is 10.7 Å². The van der Waals surface area contributed by atoms with Crippen molar-refractivity contribution in [2.75, 3.05) is 5.32 Å². The van der Waals surface area contributed by atoms with Crippen molar-refractivity contribution in [3.8, 4) is 11.3 Å². The smallest absolute Gasteiger partial charge is 0.246 e. The zero-order chi connectivity index (χ0) is 19.7. The SMILES string of the molecule is Cc1cc(=O)c2cccc(F)c2n1CC(=O)Nc1nc(-c2ccccc2)cs1. The number of halogens is 1. The fourth-order valence-electron chi connectivity index (χ4n) is 3.09. The highest BCUT2D eigenvalue weighted by Crippen LogP contribution is 2.25. The van der Waals surface area contributed by atoms with Crippen molar-refractivity contribution in [1.82, 2.24) is 9.55 Å². The number of carbonyl (C=O) groups excluding carboxylic acids is 1. The summed E-state index contributed by atoms with van der Waals surface area (Å²) in [5, 5.41) is 5.33. The number of fused-ring (bicyclic) bond motifs is 1. The molecule has 2 aromatic heterocycles. The minimum absolute atomic E-state index is 0.121. The fourth-order valence-corrected chi connectivity index (χ4v) is 3.82. The molecule has 140 valence electrons. The van der Waals surface area contributed by atoms with Crippen LogP contribution in [0.2, 0.25) is 0 Å². The van der Waals surface area contributed by atoms with Crippen LogP contribution in [0.5, 0.6) is 0 Å². The van der Waals surface area contributed by atoms with Crippen LogP contribution in [0, 0.1) is 12.7 Å². The lowest BCUT2D eigenvalue weighted by molar-refractivity contribution is -0.116. The number of nitrogens with zero attached hydrogens (tertiary/aromatic N) is 2. The molecule has 0 aliphatic rings. The Bertz CT molecular complexity index is 1230. The van der Waals surface area contributed by atoms with Gasteiger partial charge in [-0.25, -0.2) is 9.37 Å². The van der Waals surface area contributed by atoms with E-state index in [1.807, 2.05) is 35.7 Å². The number of anilines is 1. The lowest BCUT2D eigenvalue weighted by atomic mass is 10.1. The number of carbonyl (C=O) groups is 1. The van der Waals surface area contributed by atoms with Gasteiger partial charge < -0.3 is 9.88 Å². The molecular formula is C21H16FN3O2S. The molecule has 7 heteroatoms. The third-order valence-electron chi connectivity index (χ3n) is 4.41. The van der Waals surface area contributed by atoms with E-state index in [-0.39, 0.29) is 28.8 Å². The molecular weight excluding hydrogens is 377 g/mol. The van der Waals surface area contributed by atoms with Gasteiger partial charge in [-0.1, -0.05) is 36.4 Å². The van der Waals surface area contributed by atoms with Crippen LogP contribution in [0.25, 0.3) is 22.2 Å². The molecule has 0 aliphatic heterocycles. The number of para-hydroxylation sites is 1. The third kappa shape index (κ3) is 3.44. The number of amides is 1. The van der Waals surface area contributed by atoms with Crippen LogP contribution in [-0.4, -0.2) is 15.5 Å². The second kappa shape index (κ2) is 7.36. The number of aromatic nitrogens is 2. The summed E-state index contributed by atoms with van der Waals surface area (Å²) in [6, 6.07) is 15.4. The highest BCUT2D eigenvalue weighted by atomic mass is 32.1. The zero-order valence-electron chi connectivity index (χ0n) is 15.0. The predicted molar refractivity (Wildman–Crippen MR) is 109 cm³/mol. The second-order valence-electron chi connectivity index (χ2n) is 6.32. The van der Waals surface area contributed by atoms with Gasteiger partial charge in [0.15, 0.2) is 10.6 Å².